The second kappa shape index (κ2) is 69.8. The molecule has 3 fully saturated rings. The van der Waals surface area contributed by atoms with Gasteiger partial charge in [-0.15, -0.1) is 0 Å². The Hall–Kier alpha value is -1.47. The smallest absolute Gasteiger partial charge is 0.220 e. The summed E-state index contributed by atoms with van der Waals surface area (Å²) in [5.74, 6) is -0.264. The quantitative estimate of drug-likeness (QED) is 0.0199. The Morgan fingerprint density at radius 3 is 0.870 bits per heavy atom. The van der Waals surface area contributed by atoms with Crippen LogP contribution in [0.4, 0.5) is 0 Å². The number of hydrogen-bond donors (Lipinski definition) is 12. The van der Waals surface area contributed by atoms with Crippen molar-refractivity contribution in [2.75, 3.05) is 26.4 Å². The first kappa shape index (κ1) is 101. The minimum atomic E-state index is -1.98. The Labute approximate surface area is 658 Å². The van der Waals surface area contributed by atoms with Crippen molar-refractivity contribution in [2.24, 2.45) is 0 Å². The van der Waals surface area contributed by atoms with E-state index in [0.29, 0.717) is 6.42 Å². The van der Waals surface area contributed by atoms with Crippen molar-refractivity contribution in [2.45, 2.75) is 523 Å². The number of nitrogens with one attached hydrogen (secondary N) is 1. The predicted octanol–water partition coefficient (Wildman–Crippen LogP) is 17.5. The molecule has 108 heavy (non-hydrogen) atoms. The molecule has 0 bridgehead atoms. The fourth-order valence-corrected chi connectivity index (χ4v) is 16.0. The number of carbonyl (C=O) groups excluding carboxylic acids is 1. The topological polar surface area (TPSA) is 307 Å². The van der Waals surface area contributed by atoms with Gasteiger partial charge in [0, 0.05) is 6.42 Å². The van der Waals surface area contributed by atoms with E-state index in [-0.39, 0.29) is 18.9 Å². The molecule has 17 atom stereocenters. The number of allylic oxidation sites excluding steroid dienone is 1. The lowest BCUT2D eigenvalue weighted by Crippen LogP contribution is -2.66. The Morgan fingerprint density at radius 2 is 0.574 bits per heavy atom. The van der Waals surface area contributed by atoms with Crippen LogP contribution >= 0.6 is 0 Å². The molecule has 3 rings (SSSR count). The van der Waals surface area contributed by atoms with Crippen molar-refractivity contribution in [1.29, 1.82) is 0 Å². The first-order chi connectivity index (χ1) is 52.8. The number of ether oxygens (including phenoxy) is 6. The average molecular weight is 1540 g/mol. The van der Waals surface area contributed by atoms with E-state index in [1.807, 2.05) is 6.08 Å². The largest absolute Gasteiger partial charge is 0.394 e. The summed E-state index contributed by atoms with van der Waals surface area (Å²) in [6, 6.07) is -0.971. The van der Waals surface area contributed by atoms with Crippen LogP contribution in [0.5, 0.6) is 0 Å². The van der Waals surface area contributed by atoms with Gasteiger partial charge in [0.05, 0.1) is 38.6 Å². The molecule has 3 aliphatic heterocycles. The van der Waals surface area contributed by atoms with Crippen molar-refractivity contribution < 1.29 is 89.4 Å². The van der Waals surface area contributed by atoms with E-state index in [4.69, 9.17) is 28.4 Å². The van der Waals surface area contributed by atoms with Crippen LogP contribution in [0.15, 0.2) is 12.2 Å². The molecular formula is C89H171NO18. The summed E-state index contributed by atoms with van der Waals surface area (Å²) in [5, 5.41) is 121. The van der Waals surface area contributed by atoms with Crippen LogP contribution in [0.3, 0.4) is 0 Å². The summed E-state index contributed by atoms with van der Waals surface area (Å²) >= 11 is 0. The second-order valence-electron chi connectivity index (χ2n) is 33.1. The minimum Gasteiger partial charge on any atom is -0.394 e. The molecule has 3 aliphatic rings. The third kappa shape index (κ3) is 48.2. The van der Waals surface area contributed by atoms with E-state index in [1.54, 1.807) is 6.08 Å². The standard InChI is InChI=1S/C89H171NO18/c1-3-5-7-9-11-13-15-17-19-21-23-25-27-29-31-32-33-34-35-36-37-38-39-41-43-45-47-49-51-53-55-57-59-61-63-65-67-77(95)90-72(73(94)66-64-62-60-58-56-54-52-50-48-46-44-42-40-30-28-26-24-22-20-18-16-14-12-10-8-6-4-2)71-103-87-83(101)80(98)85(75(69-92)105-87)108-89-84(102)81(99)86(76(70-93)106-89)107-88-82(100)79(97)78(96)74(68-91)104-88/h64,66,72-76,78-89,91-94,96-102H,3-63,65,67-71H2,1-2H3,(H,90,95)/b66-64+. The van der Waals surface area contributed by atoms with Gasteiger partial charge in [0.25, 0.3) is 0 Å². The molecule has 0 aromatic carbocycles. The number of amides is 1. The molecule has 0 aliphatic carbocycles. The Bertz CT molecular complexity index is 1990. The molecule has 0 aromatic rings. The predicted molar refractivity (Wildman–Crippen MR) is 434 cm³/mol. The van der Waals surface area contributed by atoms with Crippen LogP contribution in [0.2, 0.25) is 0 Å². The number of hydrogen-bond acceptors (Lipinski definition) is 18. The van der Waals surface area contributed by atoms with Gasteiger partial charge in [0.15, 0.2) is 18.9 Å². The highest BCUT2D eigenvalue weighted by atomic mass is 16.8. The molecule has 19 heteroatoms. The molecule has 19 nitrogen and oxygen atoms in total. The summed E-state index contributed by atoms with van der Waals surface area (Å²) in [7, 11) is 0. The van der Waals surface area contributed by atoms with Crippen molar-refractivity contribution in [3.05, 3.63) is 12.2 Å². The third-order valence-corrected chi connectivity index (χ3v) is 23.3. The van der Waals surface area contributed by atoms with Crippen LogP contribution in [-0.4, -0.2) is 193 Å². The summed E-state index contributed by atoms with van der Waals surface area (Å²) < 4.78 is 34.5. The molecule has 3 heterocycles. The van der Waals surface area contributed by atoms with E-state index in [2.05, 4.69) is 19.2 Å². The maximum atomic E-state index is 13.5. The fourth-order valence-electron chi connectivity index (χ4n) is 16.0. The number of rotatable bonds is 76. The molecule has 17 unspecified atom stereocenters. The molecule has 0 saturated carbocycles. The summed E-state index contributed by atoms with van der Waals surface area (Å²) in [6.07, 6.45) is 59.5. The van der Waals surface area contributed by atoms with E-state index in [9.17, 15) is 61.0 Å². The maximum Gasteiger partial charge on any atom is 0.220 e. The normalized spacial score (nSPS) is 25.4. The molecule has 1 amide bonds. The van der Waals surface area contributed by atoms with Crippen molar-refractivity contribution in [1.82, 2.24) is 5.32 Å². The Kier molecular flexibility index (Phi) is 65.1. The zero-order valence-electron chi connectivity index (χ0n) is 69.1. The lowest BCUT2D eigenvalue weighted by atomic mass is 9.96. The zero-order chi connectivity index (χ0) is 78.1. The van der Waals surface area contributed by atoms with Crippen LogP contribution in [0.25, 0.3) is 0 Å². The van der Waals surface area contributed by atoms with Crippen molar-refractivity contribution >= 4 is 5.91 Å². The van der Waals surface area contributed by atoms with Crippen molar-refractivity contribution in [3.8, 4) is 0 Å². The number of carbonyl (C=O) groups is 1. The highest BCUT2D eigenvalue weighted by Crippen LogP contribution is 2.34. The maximum absolute atomic E-state index is 13.5. The highest BCUT2D eigenvalue weighted by Gasteiger charge is 2.54. The molecule has 12 N–H and O–H groups in total. The Balaban J connectivity index is 1.31. The van der Waals surface area contributed by atoms with Gasteiger partial charge in [0.2, 0.25) is 5.91 Å². The van der Waals surface area contributed by atoms with E-state index in [1.165, 1.54) is 347 Å². The monoisotopic (exact) mass is 1540 g/mol. The van der Waals surface area contributed by atoms with Crippen LogP contribution < -0.4 is 5.32 Å². The second-order valence-corrected chi connectivity index (χ2v) is 33.1. The van der Waals surface area contributed by atoms with Gasteiger partial charge in [-0.1, -0.05) is 405 Å². The summed E-state index contributed by atoms with van der Waals surface area (Å²) in [5.41, 5.74) is 0. The first-order valence-corrected chi connectivity index (χ1v) is 45.9. The number of unbranched alkanes of at least 4 members (excludes halogenated alkanes) is 60. The number of aliphatic hydroxyl groups excluding tert-OH is 11. The SMILES string of the molecule is CCCCCCCCCCCCCCCCCCCCCCCCCCC/C=C/C(O)C(COC1OC(CO)C(OC2OC(CO)C(OC3OC(CO)C(O)C(O)C3O)C(O)C2O)C(O)C1O)NC(=O)CCCCCCCCCCCCCCCCCCCCCCCCCCCCCCCCCCCCCC. The fraction of sp³-hybridized carbons (Fsp3) is 0.966. The van der Waals surface area contributed by atoms with Gasteiger partial charge in [-0.05, 0) is 19.3 Å². The van der Waals surface area contributed by atoms with Gasteiger partial charge in [0.1, 0.15) is 73.2 Å². The lowest BCUT2D eigenvalue weighted by molar-refractivity contribution is -0.379. The highest BCUT2D eigenvalue weighted by molar-refractivity contribution is 5.76. The van der Waals surface area contributed by atoms with E-state index in [0.717, 1.165) is 44.9 Å². The third-order valence-electron chi connectivity index (χ3n) is 23.3. The van der Waals surface area contributed by atoms with Gasteiger partial charge in [-0.2, -0.15) is 0 Å². The van der Waals surface area contributed by atoms with E-state index < -0.39 is 124 Å². The van der Waals surface area contributed by atoms with E-state index >= 15 is 0 Å². The zero-order valence-corrected chi connectivity index (χ0v) is 69.1. The molecule has 640 valence electrons. The van der Waals surface area contributed by atoms with Crippen LogP contribution in [0.1, 0.15) is 418 Å². The average Bonchev–Trinajstić information content (AvgIpc) is 0.776. The van der Waals surface area contributed by atoms with Gasteiger partial charge in [-0.25, -0.2) is 0 Å². The van der Waals surface area contributed by atoms with Gasteiger partial charge >= 0.3 is 0 Å². The Morgan fingerprint density at radius 1 is 0.324 bits per heavy atom. The summed E-state index contributed by atoms with van der Waals surface area (Å²) in [6.45, 7) is 1.82. The molecule has 0 spiro atoms. The van der Waals surface area contributed by atoms with Crippen LogP contribution in [0, 0.1) is 0 Å². The van der Waals surface area contributed by atoms with Crippen LogP contribution in [-0.2, 0) is 33.2 Å². The minimum absolute atomic E-state index is 0.251. The van der Waals surface area contributed by atoms with Crippen molar-refractivity contribution in [3.63, 3.8) is 0 Å². The molecular weight excluding hydrogens is 1370 g/mol. The van der Waals surface area contributed by atoms with Gasteiger partial charge in [-0.3, -0.25) is 4.79 Å². The lowest BCUT2D eigenvalue weighted by Gasteiger charge is -2.48. The molecule has 0 radical (unpaired) electrons. The molecule has 3 saturated heterocycles. The van der Waals surface area contributed by atoms with Gasteiger partial charge < -0.3 is 89.9 Å². The molecule has 0 aromatic heterocycles. The number of aliphatic hydroxyl groups is 11. The summed E-state index contributed by atoms with van der Waals surface area (Å²) in [4.78, 5) is 13.5. The first-order valence-electron chi connectivity index (χ1n) is 45.9.